The molecule has 0 radical (unpaired) electrons. The van der Waals surface area contributed by atoms with Crippen molar-refractivity contribution in [3.8, 4) is 0 Å². The molecule has 0 aromatic carbocycles. The maximum absolute atomic E-state index is 8.58. The second-order valence-electron chi connectivity index (χ2n) is 1.99. The Hall–Kier alpha value is -1.36. The van der Waals surface area contributed by atoms with Crippen molar-refractivity contribution in [1.29, 1.82) is 0 Å². The van der Waals surface area contributed by atoms with E-state index in [1.807, 2.05) is 0 Å². The number of rotatable bonds is 2. The molecule has 11 heavy (non-hydrogen) atoms. The van der Waals surface area contributed by atoms with Gasteiger partial charge in [0.1, 0.15) is 17.7 Å². The van der Waals surface area contributed by atoms with Crippen molar-refractivity contribution in [2.24, 2.45) is 5.16 Å². The Labute approximate surface area is 63.0 Å². The van der Waals surface area contributed by atoms with Gasteiger partial charge in [0.05, 0.1) is 6.61 Å². The highest BCUT2D eigenvalue weighted by Gasteiger charge is 2.05. The van der Waals surface area contributed by atoms with Gasteiger partial charge in [-0.3, -0.25) is 0 Å². The van der Waals surface area contributed by atoms with E-state index < -0.39 is 0 Å². The molecular formula is C6H8N2O3. The van der Waals surface area contributed by atoms with Crippen LogP contribution < -0.4 is 0 Å². The molecule has 0 aliphatic heterocycles. The lowest BCUT2D eigenvalue weighted by atomic mass is 10.4. The van der Waals surface area contributed by atoms with E-state index in [2.05, 4.69) is 10.1 Å². The number of hydrogen-bond acceptors (Lipinski definition) is 5. The van der Waals surface area contributed by atoms with Crippen LogP contribution in [0.4, 0.5) is 0 Å². The maximum Gasteiger partial charge on any atom is 0.244 e. The molecule has 2 N–H and O–H groups in total. The quantitative estimate of drug-likeness (QED) is 0.368. The fraction of sp³-hybridized carbons (Fsp3) is 0.333. The van der Waals surface area contributed by atoms with Gasteiger partial charge >= 0.3 is 0 Å². The highest BCUT2D eigenvalue weighted by molar-refractivity contribution is 5.93. The van der Waals surface area contributed by atoms with E-state index in [1.165, 1.54) is 6.26 Å². The highest BCUT2D eigenvalue weighted by Crippen LogP contribution is 2.02. The smallest absolute Gasteiger partial charge is 0.244 e. The zero-order valence-electron chi connectivity index (χ0n) is 5.98. The third-order valence-corrected chi connectivity index (χ3v) is 1.17. The van der Waals surface area contributed by atoms with Crippen LogP contribution in [0.2, 0.25) is 0 Å². The normalized spacial score (nSPS) is 12.0. The monoisotopic (exact) mass is 156 g/mol. The van der Waals surface area contributed by atoms with Gasteiger partial charge in [-0.15, -0.1) is 0 Å². The minimum Gasteiger partial charge on any atom is -0.443 e. The zero-order chi connectivity index (χ0) is 8.27. The molecule has 0 unspecified atom stereocenters. The van der Waals surface area contributed by atoms with E-state index in [-0.39, 0.29) is 18.2 Å². The van der Waals surface area contributed by atoms with Gasteiger partial charge in [0, 0.05) is 0 Å². The van der Waals surface area contributed by atoms with Gasteiger partial charge in [-0.05, 0) is 6.92 Å². The van der Waals surface area contributed by atoms with Gasteiger partial charge in [0.25, 0.3) is 0 Å². The first-order chi connectivity index (χ1) is 5.27. The van der Waals surface area contributed by atoms with Gasteiger partial charge in [-0.25, -0.2) is 4.98 Å². The summed E-state index contributed by atoms with van der Waals surface area (Å²) in [5.74, 6) is 0.219. The van der Waals surface area contributed by atoms with Gasteiger partial charge < -0.3 is 14.7 Å². The lowest BCUT2D eigenvalue weighted by Gasteiger charge is -1.86. The summed E-state index contributed by atoms with van der Waals surface area (Å²) in [5, 5.41) is 19.8. The molecule has 5 heteroatoms. The largest absolute Gasteiger partial charge is 0.443 e. The third-order valence-electron chi connectivity index (χ3n) is 1.17. The number of hydrogen-bond donors (Lipinski definition) is 2. The topological polar surface area (TPSA) is 78.9 Å². The van der Waals surface area contributed by atoms with E-state index in [0.29, 0.717) is 5.69 Å². The molecule has 5 nitrogen and oxygen atoms in total. The van der Waals surface area contributed by atoms with Crippen LogP contribution in [0.1, 0.15) is 18.5 Å². The average molecular weight is 156 g/mol. The highest BCUT2D eigenvalue weighted by atomic mass is 16.4. The van der Waals surface area contributed by atoms with Crippen LogP contribution in [-0.2, 0) is 6.61 Å². The van der Waals surface area contributed by atoms with Crippen LogP contribution in [0.5, 0.6) is 0 Å². The fourth-order valence-electron chi connectivity index (χ4n) is 0.589. The van der Waals surface area contributed by atoms with Crippen molar-refractivity contribution in [1.82, 2.24) is 4.98 Å². The molecule has 0 bridgehead atoms. The van der Waals surface area contributed by atoms with E-state index in [4.69, 9.17) is 14.7 Å². The predicted molar refractivity (Wildman–Crippen MR) is 36.4 cm³/mol. The molecule has 1 aromatic rings. The van der Waals surface area contributed by atoms with Crippen molar-refractivity contribution in [3.63, 3.8) is 0 Å². The summed E-state index contributed by atoms with van der Waals surface area (Å²) in [6.45, 7) is 1.37. The molecule has 0 saturated carbocycles. The van der Waals surface area contributed by atoms with Crippen LogP contribution in [-0.4, -0.2) is 21.0 Å². The summed E-state index contributed by atoms with van der Waals surface area (Å²) in [6.07, 6.45) is 1.31. The first-order valence-electron chi connectivity index (χ1n) is 3.02. The molecule has 1 heterocycles. The number of aromatic nitrogens is 1. The van der Waals surface area contributed by atoms with E-state index in [9.17, 15) is 0 Å². The Bertz CT molecular complexity index is 267. The van der Waals surface area contributed by atoms with Gasteiger partial charge in [0.2, 0.25) is 5.89 Å². The van der Waals surface area contributed by atoms with Crippen molar-refractivity contribution >= 4 is 5.71 Å². The number of aliphatic hydroxyl groups excluding tert-OH is 1. The Morgan fingerprint density at radius 3 is 3.00 bits per heavy atom. The molecule has 0 aliphatic rings. The van der Waals surface area contributed by atoms with Crippen molar-refractivity contribution in [3.05, 3.63) is 17.8 Å². The number of nitrogens with zero attached hydrogens (tertiary/aromatic N) is 2. The second-order valence-corrected chi connectivity index (χ2v) is 1.99. The lowest BCUT2D eigenvalue weighted by Crippen LogP contribution is -1.94. The number of oxazole rings is 1. The van der Waals surface area contributed by atoms with Crippen molar-refractivity contribution in [2.75, 3.05) is 0 Å². The third kappa shape index (κ3) is 1.56. The number of oxime groups is 1. The van der Waals surface area contributed by atoms with Crippen LogP contribution in [0.3, 0.4) is 0 Å². The summed E-state index contributed by atoms with van der Waals surface area (Å²) in [5.41, 5.74) is 0.702. The van der Waals surface area contributed by atoms with Gasteiger partial charge in [0.15, 0.2) is 0 Å². The second kappa shape index (κ2) is 3.16. The molecule has 0 aliphatic carbocycles. The first-order valence-corrected chi connectivity index (χ1v) is 3.02. The molecule has 0 atom stereocenters. The lowest BCUT2D eigenvalue weighted by molar-refractivity contribution is 0.276. The molecule has 0 spiro atoms. The van der Waals surface area contributed by atoms with Crippen LogP contribution >= 0.6 is 0 Å². The Morgan fingerprint density at radius 1 is 1.82 bits per heavy atom. The van der Waals surface area contributed by atoms with Crippen molar-refractivity contribution < 1.29 is 14.7 Å². The molecule has 60 valence electrons. The van der Waals surface area contributed by atoms with E-state index in [0.717, 1.165) is 0 Å². The molecule has 1 aromatic heterocycles. The predicted octanol–water partition coefficient (Wildman–Crippen LogP) is 0.365. The fourth-order valence-corrected chi connectivity index (χ4v) is 0.589. The molecule has 0 amide bonds. The number of aliphatic hydroxyl groups is 1. The van der Waals surface area contributed by atoms with Gasteiger partial charge in [-0.2, -0.15) is 0 Å². The average Bonchev–Trinajstić information content (AvgIpc) is 2.50. The summed E-state index contributed by atoms with van der Waals surface area (Å²) < 4.78 is 4.85. The Kier molecular flexibility index (Phi) is 2.22. The summed E-state index contributed by atoms with van der Waals surface area (Å²) in [4.78, 5) is 3.79. The van der Waals surface area contributed by atoms with Crippen LogP contribution in [0, 0.1) is 0 Å². The SMILES string of the molecule is C/C(=N/O)c1nc(CO)co1. The summed E-state index contributed by atoms with van der Waals surface area (Å²) in [7, 11) is 0. The molecule has 0 saturated heterocycles. The van der Waals surface area contributed by atoms with E-state index >= 15 is 0 Å². The maximum atomic E-state index is 8.58. The molecule has 1 rings (SSSR count). The first kappa shape index (κ1) is 7.74. The van der Waals surface area contributed by atoms with E-state index in [1.54, 1.807) is 6.92 Å². The molecular weight excluding hydrogens is 148 g/mol. The summed E-state index contributed by atoms with van der Waals surface area (Å²) >= 11 is 0. The van der Waals surface area contributed by atoms with Crippen molar-refractivity contribution in [2.45, 2.75) is 13.5 Å². The van der Waals surface area contributed by atoms with Gasteiger partial charge in [-0.1, -0.05) is 5.16 Å². The minimum absolute atomic E-state index is 0.178. The van der Waals surface area contributed by atoms with Crippen LogP contribution in [0.25, 0.3) is 0 Å². The minimum atomic E-state index is -0.178. The summed E-state index contributed by atoms with van der Waals surface area (Å²) in [6, 6.07) is 0. The Balaban J connectivity index is 2.89. The molecule has 0 fully saturated rings. The standard InChI is InChI=1S/C6H8N2O3/c1-4(8-10)6-7-5(2-9)3-11-6/h3,9-10H,2H2,1H3/b8-4-. The zero-order valence-corrected chi connectivity index (χ0v) is 5.98. The van der Waals surface area contributed by atoms with Crippen LogP contribution in [0.15, 0.2) is 15.8 Å². The Morgan fingerprint density at radius 2 is 2.55 bits per heavy atom.